The summed E-state index contributed by atoms with van der Waals surface area (Å²) in [6.45, 7) is 0.959. The SMILES string of the molecule is C#CC[C@]1(O)CCN(C(=O)OCc2ccccc2)C1. The molecule has 2 rings (SSSR count). The minimum atomic E-state index is -0.958. The maximum Gasteiger partial charge on any atom is 0.410 e. The standard InChI is InChI=1S/C15H17NO3/c1-2-8-15(18)9-10-16(12-15)14(17)19-11-13-6-4-3-5-7-13/h1,3-7,18H,8-12H2/t15-/m0/s1. The van der Waals surface area contributed by atoms with E-state index in [4.69, 9.17) is 11.2 Å². The zero-order valence-corrected chi connectivity index (χ0v) is 10.7. The lowest BCUT2D eigenvalue weighted by Gasteiger charge is -2.20. The third kappa shape index (κ3) is 3.49. The number of carbonyl (C=O) groups excluding carboxylic acids is 1. The van der Waals surface area contributed by atoms with Crippen LogP contribution in [0.2, 0.25) is 0 Å². The molecule has 1 aliphatic rings. The van der Waals surface area contributed by atoms with Crippen molar-refractivity contribution in [3.63, 3.8) is 0 Å². The van der Waals surface area contributed by atoms with Gasteiger partial charge in [-0.1, -0.05) is 30.3 Å². The molecule has 0 radical (unpaired) electrons. The van der Waals surface area contributed by atoms with Crippen molar-refractivity contribution in [1.29, 1.82) is 0 Å². The first kappa shape index (κ1) is 13.4. The monoisotopic (exact) mass is 259 g/mol. The van der Waals surface area contributed by atoms with Gasteiger partial charge >= 0.3 is 6.09 Å². The van der Waals surface area contributed by atoms with Crippen molar-refractivity contribution in [2.45, 2.75) is 25.0 Å². The fourth-order valence-electron chi connectivity index (χ4n) is 2.16. The zero-order chi connectivity index (χ0) is 13.7. The molecular formula is C15H17NO3. The summed E-state index contributed by atoms with van der Waals surface area (Å²) in [6.07, 6.45) is 5.56. The molecule has 1 aromatic rings. The average molecular weight is 259 g/mol. The first-order chi connectivity index (χ1) is 9.13. The number of benzene rings is 1. The lowest BCUT2D eigenvalue weighted by Crippen LogP contribution is -2.36. The van der Waals surface area contributed by atoms with E-state index in [1.807, 2.05) is 30.3 Å². The Balaban J connectivity index is 1.84. The van der Waals surface area contributed by atoms with Crippen LogP contribution in [0, 0.1) is 12.3 Å². The molecule has 100 valence electrons. The van der Waals surface area contributed by atoms with Gasteiger partial charge < -0.3 is 14.7 Å². The van der Waals surface area contributed by atoms with E-state index in [-0.39, 0.29) is 19.6 Å². The molecule has 0 spiro atoms. The Kier molecular flexibility index (Phi) is 4.08. The number of hydrogen-bond acceptors (Lipinski definition) is 3. The summed E-state index contributed by atoms with van der Waals surface area (Å²) in [5, 5.41) is 10.1. The number of hydrogen-bond donors (Lipinski definition) is 1. The molecule has 1 N–H and O–H groups in total. The van der Waals surface area contributed by atoms with Crippen LogP contribution in [0.15, 0.2) is 30.3 Å². The normalized spacial score (nSPS) is 22.0. The van der Waals surface area contributed by atoms with Gasteiger partial charge in [0.25, 0.3) is 0 Å². The fourth-order valence-corrected chi connectivity index (χ4v) is 2.16. The summed E-state index contributed by atoms with van der Waals surface area (Å²) in [5.41, 5.74) is -0.0190. The Labute approximate surface area is 113 Å². The molecule has 1 amide bonds. The first-order valence-corrected chi connectivity index (χ1v) is 6.24. The number of likely N-dealkylation sites (tertiary alicyclic amines) is 1. The van der Waals surface area contributed by atoms with Crippen LogP contribution in [0.25, 0.3) is 0 Å². The summed E-state index contributed by atoms with van der Waals surface area (Å²) in [5.74, 6) is 2.44. The van der Waals surface area contributed by atoms with Gasteiger partial charge in [0.05, 0.1) is 12.1 Å². The van der Waals surface area contributed by atoms with Crippen molar-refractivity contribution >= 4 is 6.09 Å². The smallest absolute Gasteiger partial charge is 0.410 e. The van der Waals surface area contributed by atoms with E-state index >= 15 is 0 Å². The Bertz CT molecular complexity index is 480. The highest BCUT2D eigenvalue weighted by Gasteiger charge is 2.38. The number of β-amino-alcohol motifs (C(OH)–C–C–N with tert-alkyl or cyclic N) is 1. The fraction of sp³-hybridized carbons (Fsp3) is 0.400. The minimum absolute atomic E-state index is 0.240. The predicted octanol–water partition coefficient (Wildman–Crippen LogP) is 1.78. The van der Waals surface area contributed by atoms with Crippen molar-refractivity contribution < 1.29 is 14.6 Å². The summed E-state index contributed by atoms with van der Waals surface area (Å²) >= 11 is 0. The van der Waals surface area contributed by atoms with Crippen molar-refractivity contribution in [3.05, 3.63) is 35.9 Å². The molecule has 0 aliphatic carbocycles. The van der Waals surface area contributed by atoms with Crippen molar-refractivity contribution in [1.82, 2.24) is 4.90 Å². The molecular weight excluding hydrogens is 242 g/mol. The van der Waals surface area contributed by atoms with Gasteiger partial charge in [-0.2, -0.15) is 0 Å². The number of aliphatic hydroxyl groups is 1. The summed E-state index contributed by atoms with van der Waals surface area (Å²) in [7, 11) is 0. The number of ether oxygens (including phenoxy) is 1. The van der Waals surface area contributed by atoms with Gasteiger partial charge in [-0.3, -0.25) is 0 Å². The van der Waals surface area contributed by atoms with E-state index in [0.717, 1.165) is 5.56 Å². The molecule has 1 fully saturated rings. The molecule has 1 aliphatic heterocycles. The van der Waals surface area contributed by atoms with Crippen LogP contribution in [-0.4, -0.2) is 34.8 Å². The second kappa shape index (κ2) is 5.77. The van der Waals surface area contributed by atoms with Crippen LogP contribution >= 0.6 is 0 Å². The molecule has 4 heteroatoms. The average Bonchev–Trinajstić information content (AvgIpc) is 2.80. The topological polar surface area (TPSA) is 49.8 Å². The van der Waals surface area contributed by atoms with Crippen molar-refractivity contribution in [2.75, 3.05) is 13.1 Å². The first-order valence-electron chi connectivity index (χ1n) is 6.24. The van der Waals surface area contributed by atoms with E-state index in [1.165, 1.54) is 4.90 Å². The predicted molar refractivity (Wildman–Crippen MR) is 71.2 cm³/mol. The van der Waals surface area contributed by atoms with Gasteiger partial charge in [0.2, 0.25) is 0 Å². The van der Waals surface area contributed by atoms with Gasteiger partial charge in [0, 0.05) is 13.0 Å². The second-order valence-corrected chi connectivity index (χ2v) is 4.82. The van der Waals surface area contributed by atoms with Crippen LogP contribution in [0.5, 0.6) is 0 Å². The molecule has 1 aromatic carbocycles. The van der Waals surface area contributed by atoms with E-state index in [9.17, 15) is 9.90 Å². The number of rotatable bonds is 3. The largest absolute Gasteiger partial charge is 0.445 e. The Morgan fingerprint density at radius 2 is 2.21 bits per heavy atom. The van der Waals surface area contributed by atoms with Crippen molar-refractivity contribution in [3.8, 4) is 12.3 Å². The highest BCUT2D eigenvalue weighted by atomic mass is 16.6. The lowest BCUT2D eigenvalue weighted by atomic mass is 10.00. The molecule has 1 heterocycles. The maximum atomic E-state index is 11.9. The van der Waals surface area contributed by atoms with Gasteiger partial charge in [-0.15, -0.1) is 12.3 Å². The molecule has 19 heavy (non-hydrogen) atoms. The van der Waals surface area contributed by atoms with Crippen LogP contribution < -0.4 is 0 Å². The minimum Gasteiger partial charge on any atom is -0.445 e. The third-order valence-electron chi connectivity index (χ3n) is 3.23. The number of amides is 1. The quantitative estimate of drug-likeness (QED) is 0.842. The highest BCUT2D eigenvalue weighted by molar-refractivity contribution is 5.68. The number of terminal acetylenes is 1. The molecule has 1 atom stereocenters. The molecule has 4 nitrogen and oxygen atoms in total. The maximum absolute atomic E-state index is 11.9. The van der Waals surface area contributed by atoms with Gasteiger partial charge in [0.15, 0.2) is 0 Å². The van der Waals surface area contributed by atoms with Crippen LogP contribution in [0.4, 0.5) is 4.79 Å². The molecule has 0 unspecified atom stereocenters. The van der Waals surface area contributed by atoms with Gasteiger partial charge in [-0.25, -0.2) is 4.79 Å². The number of carbonyl (C=O) groups is 1. The Morgan fingerprint density at radius 3 is 2.89 bits per heavy atom. The second-order valence-electron chi connectivity index (χ2n) is 4.82. The van der Waals surface area contributed by atoms with E-state index in [0.29, 0.717) is 13.0 Å². The van der Waals surface area contributed by atoms with Crippen molar-refractivity contribution in [2.24, 2.45) is 0 Å². The zero-order valence-electron chi connectivity index (χ0n) is 10.7. The molecule has 0 aromatic heterocycles. The van der Waals surface area contributed by atoms with Crippen LogP contribution in [-0.2, 0) is 11.3 Å². The van der Waals surface area contributed by atoms with E-state index in [2.05, 4.69) is 5.92 Å². The van der Waals surface area contributed by atoms with Gasteiger partial charge in [-0.05, 0) is 12.0 Å². The Hall–Kier alpha value is -1.99. The van der Waals surface area contributed by atoms with Crippen LogP contribution in [0.3, 0.4) is 0 Å². The van der Waals surface area contributed by atoms with E-state index < -0.39 is 11.7 Å². The highest BCUT2D eigenvalue weighted by Crippen LogP contribution is 2.24. The summed E-state index contributed by atoms with van der Waals surface area (Å²) < 4.78 is 5.21. The van der Waals surface area contributed by atoms with E-state index in [1.54, 1.807) is 0 Å². The number of nitrogens with zero attached hydrogens (tertiary/aromatic N) is 1. The van der Waals surface area contributed by atoms with Gasteiger partial charge in [0.1, 0.15) is 6.61 Å². The Morgan fingerprint density at radius 1 is 1.47 bits per heavy atom. The lowest BCUT2D eigenvalue weighted by molar-refractivity contribution is 0.0478. The summed E-state index contributed by atoms with van der Waals surface area (Å²) in [4.78, 5) is 13.4. The van der Waals surface area contributed by atoms with Crippen LogP contribution in [0.1, 0.15) is 18.4 Å². The molecule has 0 saturated carbocycles. The summed E-state index contributed by atoms with van der Waals surface area (Å²) in [6, 6.07) is 9.49. The third-order valence-corrected chi connectivity index (χ3v) is 3.23. The molecule has 1 saturated heterocycles. The molecule has 0 bridgehead atoms.